The average Bonchev–Trinajstić information content (AvgIpc) is 2.76. The number of carbonyl (C=O) groups is 1. The van der Waals surface area contributed by atoms with E-state index in [0.29, 0.717) is 27.7 Å². The first kappa shape index (κ1) is 20.0. The monoisotopic (exact) mass is 434 g/mol. The van der Waals surface area contributed by atoms with Gasteiger partial charge in [0.2, 0.25) is 0 Å². The number of nitrogens with zero attached hydrogens (tertiary/aromatic N) is 3. The van der Waals surface area contributed by atoms with Gasteiger partial charge in [0.15, 0.2) is 0 Å². The number of benzene rings is 2. The van der Waals surface area contributed by atoms with Gasteiger partial charge in [-0.2, -0.15) is 0 Å². The second-order valence-corrected chi connectivity index (χ2v) is 7.38. The number of hydrogen-bond donors (Lipinski definition) is 1. The standard InChI is InChI=1S/C23H16Cl2N4O/c24-17-3-1-4-18(13-17)29-23(30)15-6-7-20(25)16(11-15)12-22-19(5-2-9-27-22)21-8-10-26-14-28-21/h1-11,13-14H,12H2,(H,29,30). The second kappa shape index (κ2) is 9.03. The van der Waals surface area contributed by atoms with Crippen LogP contribution in [-0.2, 0) is 6.42 Å². The van der Waals surface area contributed by atoms with Crippen molar-refractivity contribution in [2.45, 2.75) is 6.42 Å². The van der Waals surface area contributed by atoms with Crippen LogP contribution in [0.2, 0.25) is 10.0 Å². The van der Waals surface area contributed by atoms with E-state index >= 15 is 0 Å². The predicted molar refractivity (Wildman–Crippen MR) is 119 cm³/mol. The molecule has 0 saturated heterocycles. The van der Waals surface area contributed by atoms with E-state index in [4.69, 9.17) is 23.2 Å². The van der Waals surface area contributed by atoms with Gasteiger partial charge < -0.3 is 5.32 Å². The number of amides is 1. The molecule has 2 aromatic carbocycles. The van der Waals surface area contributed by atoms with Crippen LogP contribution in [0, 0.1) is 0 Å². The van der Waals surface area contributed by atoms with Gasteiger partial charge in [0.1, 0.15) is 6.33 Å². The lowest BCUT2D eigenvalue weighted by molar-refractivity contribution is 0.102. The van der Waals surface area contributed by atoms with Crippen LogP contribution in [0.25, 0.3) is 11.3 Å². The third-order valence-electron chi connectivity index (χ3n) is 4.50. The Morgan fingerprint density at radius 1 is 0.933 bits per heavy atom. The minimum atomic E-state index is -0.243. The number of nitrogens with one attached hydrogen (secondary N) is 1. The number of hydrogen-bond acceptors (Lipinski definition) is 4. The first-order valence-electron chi connectivity index (χ1n) is 9.16. The van der Waals surface area contributed by atoms with Crippen molar-refractivity contribution < 1.29 is 4.79 Å². The smallest absolute Gasteiger partial charge is 0.255 e. The third-order valence-corrected chi connectivity index (χ3v) is 5.10. The van der Waals surface area contributed by atoms with Crippen LogP contribution in [0.5, 0.6) is 0 Å². The van der Waals surface area contributed by atoms with Crippen LogP contribution < -0.4 is 5.32 Å². The summed E-state index contributed by atoms with van der Waals surface area (Å²) in [6, 6.07) is 17.8. The molecule has 0 aliphatic heterocycles. The molecular formula is C23H16Cl2N4O. The van der Waals surface area contributed by atoms with Crippen molar-refractivity contribution in [3.8, 4) is 11.3 Å². The van der Waals surface area contributed by atoms with Crippen molar-refractivity contribution in [1.29, 1.82) is 0 Å². The third kappa shape index (κ3) is 4.64. The zero-order valence-corrected chi connectivity index (χ0v) is 17.2. The molecule has 148 valence electrons. The summed E-state index contributed by atoms with van der Waals surface area (Å²) < 4.78 is 0. The summed E-state index contributed by atoms with van der Waals surface area (Å²) in [5.74, 6) is -0.243. The second-order valence-electron chi connectivity index (χ2n) is 6.54. The fraction of sp³-hybridized carbons (Fsp3) is 0.0435. The predicted octanol–water partition coefficient (Wildman–Crippen LogP) is 5.69. The molecule has 2 heterocycles. The Bertz CT molecular complexity index is 1200. The molecule has 5 nitrogen and oxygen atoms in total. The van der Waals surface area contributed by atoms with Gasteiger partial charge in [0, 0.05) is 45.7 Å². The molecule has 7 heteroatoms. The van der Waals surface area contributed by atoms with Gasteiger partial charge in [0.25, 0.3) is 5.91 Å². The van der Waals surface area contributed by atoms with Gasteiger partial charge in [-0.15, -0.1) is 0 Å². The van der Waals surface area contributed by atoms with Crippen molar-refractivity contribution >= 4 is 34.8 Å². The Kier molecular flexibility index (Phi) is 6.02. The highest BCUT2D eigenvalue weighted by molar-refractivity contribution is 6.31. The quantitative estimate of drug-likeness (QED) is 0.438. The lowest BCUT2D eigenvalue weighted by Gasteiger charge is -2.11. The largest absolute Gasteiger partial charge is 0.322 e. The molecular weight excluding hydrogens is 419 g/mol. The molecule has 0 spiro atoms. The van der Waals surface area contributed by atoms with E-state index < -0.39 is 0 Å². The molecule has 0 saturated carbocycles. The highest BCUT2D eigenvalue weighted by Crippen LogP contribution is 2.26. The molecule has 4 rings (SSSR count). The van der Waals surface area contributed by atoms with E-state index in [9.17, 15) is 4.79 Å². The van der Waals surface area contributed by atoms with Crippen LogP contribution in [-0.4, -0.2) is 20.9 Å². The van der Waals surface area contributed by atoms with Gasteiger partial charge in [-0.1, -0.05) is 29.3 Å². The summed E-state index contributed by atoms with van der Waals surface area (Å²) in [5.41, 5.74) is 4.40. The van der Waals surface area contributed by atoms with Crippen LogP contribution >= 0.6 is 23.2 Å². The maximum Gasteiger partial charge on any atom is 0.255 e. The zero-order valence-electron chi connectivity index (χ0n) is 15.7. The number of rotatable bonds is 5. The van der Waals surface area contributed by atoms with E-state index in [1.54, 1.807) is 54.9 Å². The molecule has 30 heavy (non-hydrogen) atoms. The number of halogens is 2. The van der Waals surface area contributed by atoms with E-state index in [1.165, 1.54) is 6.33 Å². The first-order valence-corrected chi connectivity index (χ1v) is 9.91. The number of anilines is 1. The Morgan fingerprint density at radius 2 is 1.83 bits per heavy atom. The highest BCUT2D eigenvalue weighted by atomic mass is 35.5. The average molecular weight is 435 g/mol. The van der Waals surface area contributed by atoms with Crippen molar-refractivity contribution in [2.75, 3.05) is 5.32 Å². The molecule has 2 aromatic heterocycles. The summed E-state index contributed by atoms with van der Waals surface area (Å²) in [5, 5.41) is 3.96. The SMILES string of the molecule is O=C(Nc1cccc(Cl)c1)c1ccc(Cl)c(Cc2ncccc2-c2ccncn2)c1. The maximum atomic E-state index is 12.7. The van der Waals surface area contributed by atoms with Crippen LogP contribution in [0.15, 0.2) is 79.4 Å². The maximum absolute atomic E-state index is 12.7. The van der Waals surface area contributed by atoms with Crippen LogP contribution in [0.4, 0.5) is 5.69 Å². The lowest BCUT2D eigenvalue weighted by Crippen LogP contribution is -2.12. The van der Waals surface area contributed by atoms with Crippen molar-refractivity contribution in [3.63, 3.8) is 0 Å². The number of aromatic nitrogens is 3. The molecule has 0 aliphatic carbocycles. The molecule has 0 atom stereocenters. The van der Waals surface area contributed by atoms with Crippen LogP contribution in [0.1, 0.15) is 21.6 Å². The minimum Gasteiger partial charge on any atom is -0.322 e. The summed E-state index contributed by atoms with van der Waals surface area (Å²) >= 11 is 12.4. The normalized spacial score (nSPS) is 10.6. The Labute approximate surface area is 183 Å². The summed E-state index contributed by atoms with van der Waals surface area (Å²) in [6.45, 7) is 0. The molecule has 0 aliphatic rings. The molecule has 4 aromatic rings. The Balaban J connectivity index is 1.61. The molecule has 0 fully saturated rings. The lowest BCUT2D eigenvalue weighted by atomic mass is 10.0. The van der Waals surface area contributed by atoms with Gasteiger partial charge in [-0.05, 0) is 60.2 Å². The zero-order chi connectivity index (χ0) is 20.9. The van der Waals surface area contributed by atoms with E-state index in [1.807, 2.05) is 18.2 Å². The molecule has 0 radical (unpaired) electrons. The van der Waals surface area contributed by atoms with Crippen molar-refractivity contribution in [1.82, 2.24) is 15.0 Å². The summed E-state index contributed by atoms with van der Waals surface area (Å²) in [4.78, 5) is 25.5. The molecule has 0 unspecified atom stereocenters. The summed E-state index contributed by atoms with van der Waals surface area (Å²) in [7, 11) is 0. The fourth-order valence-electron chi connectivity index (χ4n) is 3.06. The van der Waals surface area contributed by atoms with Crippen molar-refractivity contribution in [3.05, 3.63) is 106 Å². The number of carbonyl (C=O) groups excluding carboxylic acids is 1. The molecule has 0 bridgehead atoms. The summed E-state index contributed by atoms with van der Waals surface area (Å²) in [6.07, 6.45) is 5.37. The van der Waals surface area contributed by atoms with Gasteiger partial charge in [-0.3, -0.25) is 9.78 Å². The fourth-order valence-corrected chi connectivity index (χ4v) is 3.44. The topological polar surface area (TPSA) is 67.8 Å². The van der Waals surface area contributed by atoms with E-state index in [0.717, 1.165) is 22.5 Å². The van der Waals surface area contributed by atoms with Gasteiger partial charge >= 0.3 is 0 Å². The molecule has 1 N–H and O–H groups in total. The van der Waals surface area contributed by atoms with E-state index in [-0.39, 0.29) is 5.91 Å². The minimum absolute atomic E-state index is 0.243. The first-order chi connectivity index (χ1) is 14.6. The van der Waals surface area contributed by atoms with Gasteiger partial charge in [-0.25, -0.2) is 9.97 Å². The molecule has 1 amide bonds. The van der Waals surface area contributed by atoms with Gasteiger partial charge in [0.05, 0.1) is 11.4 Å². The number of pyridine rings is 1. The van der Waals surface area contributed by atoms with E-state index in [2.05, 4.69) is 20.3 Å². The Hall–Kier alpha value is -3.28. The van der Waals surface area contributed by atoms with Crippen molar-refractivity contribution in [2.24, 2.45) is 0 Å². The highest BCUT2D eigenvalue weighted by Gasteiger charge is 2.13. The Morgan fingerprint density at radius 3 is 2.63 bits per heavy atom. The van der Waals surface area contributed by atoms with Crippen LogP contribution in [0.3, 0.4) is 0 Å².